The highest BCUT2D eigenvalue weighted by atomic mass is 19.1. The van der Waals surface area contributed by atoms with E-state index in [4.69, 9.17) is 5.26 Å². The molecule has 0 unspecified atom stereocenters. The number of hydrogen-bond donors (Lipinski definition) is 1. The number of benzene rings is 1. The molecule has 0 spiro atoms. The van der Waals surface area contributed by atoms with Gasteiger partial charge in [0, 0.05) is 12.6 Å². The normalized spacial score (nSPS) is 9.29. The molecule has 0 aromatic heterocycles. The second-order valence-corrected chi connectivity index (χ2v) is 2.94. The van der Waals surface area contributed by atoms with Gasteiger partial charge in [-0.15, -0.1) is 0 Å². The van der Waals surface area contributed by atoms with E-state index in [2.05, 4.69) is 5.32 Å². The predicted molar refractivity (Wildman–Crippen MR) is 50.2 cm³/mol. The van der Waals surface area contributed by atoms with E-state index in [0.717, 1.165) is 6.07 Å². The summed E-state index contributed by atoms with van der Waals surface area (Å²) in [6, 6.07) is 4.45. The third-order valence-electron chi connectivity index (χ3n) is 1.72. The van der Waals surface area contributed by atoms with Gasteiger partial charge in [0.15, 0.2) is 0 Å². The van der Waals surface area contributed by atoms with Crippen LogP contribution in [-0.2, 0) is 4.79 Å². The number of amides is 1. The van der Waals surface area contributed by atoms with Crippen molar-refractivity contribution in [2.45, 2.75) is 13.8 Å². The highest BCUT2D eigenvalue weighted by molar-refractivity contribution is 5.88. The molecule has 0 aliphatic heterocycles. The average Bonchev–Trinajstić information content (AvgIpc) is 2.01. The molecule has 1 amide bonds. The van der Waals surface area contributed by atoms with Crippen molar-refractivity contribution in [3.8, 4) is 6.07 Å². The Morgan fingerprint density at radius 1 is 1.57 bits per heavy atom. The molecule has 0 radical (unpaired) electrons. The molecule has 0 saturated carbocycles. The minimum absolute atomic E-state index is 0.0131. The van der Waals surface area contributed by atoms with Gasteiger partial charge in [0.25, 0.3) is 0 Å². The summed E-state index contributed by atoms with van der Waals surface area (Å²) >= 11 is 0. The number of halogens is 1. The van der Waals surface area contributed by atoms with Crippen LogP contribution >= 0.6 is 0 Å². The Morgan fingerprint density at radius 2 is 2.21 bits per heavy atom. The number of hydrogen-bond acceptors (Lipinski definition) is 2. The molecule has 72 valence electrons. The van der Waals surface area contributed by atoms with Gasteiger partial charge in [-0.3, -0.25) is 4.79 Å². The van der Waals surface area contributed by atoms with E-state index in [-0.39, 0.29) is 11.5 Å². The van der Waals surface area contributed by atoms with Crippen molar-refractivity contribution in [2.75, 3.05) is 5.32 Å². The summed E-state index contributed by atoms with van der Waals surface area (Å²) < 4.78 is 13.2. The summed E-state index contributed by atoms with van der Waals surface area (Å²) in [5.41, 5.74) is 0.891. The number of carbonyl (C=O) groups is 1. The molecule has 0 saturated heterocycles. The molecule has 14 heavy (non-hydrogen) atoms. The van der Waals surface area contributed by atoms with Crippen LogP contribution in [0.1, 0.15) is 18.1 Å². The SMILES string of the molecule is CC(=O)Nc1cc(C)c(C#N)c(F)c1. The van der Waals surface area contributed by atoms with Crippen LogP contribution in [0.5, 0.6) is 0 Å². The summed E-state index contributed by atoms with van der Waals surface area (Å²) in [5, 5.41) is 11.0. The Kier molecular flexibility index (Phi) is 2.82. The number of nitrogens with zero attached hydrogens (tertiary/aromatic N) is 1. The van der Waals surface area contributed by atoms with Gasteiger partial charge in [-0.1, -0.05) is 0 Å². The van der Waals surface area contributed by atoms with Crippen LogP contribution in [-0.4, -0.2) is 5.91 Å². The maximum Gasteiger partial charge on any atom is 0.221 e. The first-order valence-corrected chi connectivity index (χ1v) is 4.02. The fraction of sp³-hybridized carbons (Fsp3) is 0.200. The van der Waals surface area contributed by atoms with Crippen LogP contribution in [0, 0.1) is 24.1 Å². The zero-order valence-corrected chi connectivity index (χ0v) is 7.89. The molecule has 0 aliphatic rings. The van der Waals surface area contributed by atoms with Crippen molar-refractivity contribution in [3.05, 3.63) is 29.1 Å². The standard InChI is InChI=1S/C10H9FN2O/c1-6-3-8(13-7(2)14)4-10(11)9(6)5-12/h3-4H,1-2H3,(H,13,14). The zero-order chi connectivity index (χ0) is 10.7. The largest absolute Gasteiger partial charge is 0.326 e. The molecule has 4 heteroatoms. The van der Waals surface area contributed by atoms with Crippen molar-refractivity contribution in [1.29, 1.82) is 5.26 Å². The third-order valence-corrected chi connectivity index (χ3v) is 1.72. The number of carbonyl (C=O) groups excluding carboxylic acids is 1. The van der Waals surface area contributed by atoms with Crippen LogP contribution in [0.25, 0.3) is 0 Å². The second kappa shape index (κ2) is 3.88. The number of aryl methyl sites for hydroxylation is 1. The summed E-state index contributed by atoms with van der Waals surface area (Å²) in [6.45, 7) is 2.96. The van der Waals surface area contributed by atoms with Gasteiger partial charge in [-0.25, -0.2) is 4.39 Å². The summed E-state index contributed by atoms with van der Waals surface area (Å²) in [6.07, 6.45) is 0. The monoisotopic (exact) mass is 192 g/mol. The minimum Gasteiger partial charge on any atom is -0.326 e. The van der Waals surface area contributed by atoms with Gasteiger partial charge < -0.3 is 5.32 Å². The van der Waals surface area contributed by atoms with Gasteiger partial charge in [0.05, 0.1) is 5.56 Å². The van der Waals surface area contributed by atoms with Crippen LogP contribution in [0.15, 0.2) is 12.1 Å². The van der Waals surface area contributed by atoms with E-state index in [1.54, 1.807) is 19.1 Å². The molecule has 0 bridgehead atoms. The Bertz CT molecular complexity index is 398. The second-order valence-electron chi connectivity index (χ2n) is 2.94. The first-order chi connectivity index (χ1) is 6.54. The smallest absolute Gasteiger partial charge is 0.221 e. The third kappa shape index (κ3) is 2.07. The summed E-state index contributed by atoms with van der Waals surface area (Å²) in [5.74, 6) is -0.884. The summed E-state index contributed by atoms with van der Waals surface area (Å²) in [7, 11) is 0. The van der Waals surface area contributed by atoms with E-state index >= 15 is 0 Å². The van der Waals surface area contributed by atoms with E-state index < -0.39 is 5.82 Å². The average molecular weight is 192 g/mol. The molecule has 0 aliphatic carbocycles. The van der Waals surface area contributed by atoms with E-state index in [1.165, 1.54) is 6.92 Å². The Labute approximate surface area is 81.2 Å². The van der Waals surface area contributed by atoms with Crippen molar-refractivity contribution in [1.82, 2.24) is 0 Å². The molecular formula is C10H9FN2O. The van der Waals surface area contributed by atoms with Crippen molar-refractivity contribution >= 4 is 11.6 Å². The quantitative estimate of drug-likeness (QED) is 0.739. The lowest BCUT2D eigenvalue weighted by Crippen LogP contribution is -2.06. The summed E-state index contributed by atoms with van der Waals surface area (Å²) in [4.78, 5) is 10.7. The lowest BCUT2D eigenvalue weighted by molar-refractivity contribution is -0.114. The van der Waals surface area contributed by atoms with Gasteiger partial charge in [0.1, 0.15) is 11.9 Å². The van der Waals surface area contributed by atoms with Gasteiger partial charge >= 0.3 is 0 Å². The predicted octanol–water partition coefficient (Wildman–Crippen LogP) is 1.96. The molecule has 0 fully saturated rings. The Hall–Kier alpha value is -1.89. The van der Waals surface area contributed by atoms with E-state index in [0.29, 0.717) is 11.3 Å². The Morgan fingerprint density at radius 3 is 2.64 bits per heavy atom. The molecule has 1 aromatic carbocycles. The first-order valence-electron chi connectivity index (χ1n) is 4.02. The highest BCUT2D eigenvalue weighted by Crippen LogP contribution is 2.18. The van der Waals surface area contributed by atoms with Crippen molar-refractivity contribution in [3.63, 3.8) is 0 Å². The van der Waals surface area contributed by atoms with Crippen LogP contribution in [0.3, 0.4) is 0 Å². The maximum absolute atomic E-state index is 13.2. The van der Waals surface area contributed by atoms with Crippen LogP contribution < -0.4 is 5.32 Å². The molecule has 0 atom stereocenters. The van der Waals surface area contributed by atoms with Crippen LogP contribution in [0.2, 0.25) is 0 Å². The fourth-order valence-corrected chi connectivity index (χ4v) is 1.16. The lowest BCUT2D eigenvalue weighted by Gasteiger charge is -2.05. The van der Waals surface area contributed by atoms with E-state index in [9.17, 15) is 9.18 Å². The number of nitriles is 1. The minimum atomic E-state index is -0.615. The molecule has 1 rings (SSSR count). The molecule has 1 N–H and O–H groups in total. The van der Waals surface area contributed by atoms with Gasteiger partial charge in [0.2, 0.25) is 5.91 Å². The number of rotatable bonds is 1. The van der Waals surface area contributed by atoms with E-state index in [1.807, 2.05) is 0 Å². The van der Waals surface area contributed by atoms with Crippen LogP contribution in [0.4, 0.5) is 10.1 Å². The van der Waals surface area contributed by atoms with Crippen molar-refractivity contribution < 1.29 is 9.18 Å². The topological polar surface area (TPSA) is 52.9 Å². The molecule has 1 aromatic rings. The number of nitrogens with one attached hydrogen (secondary N) is 1. The molecule has 0 heterocycles. The maximum atomic E-state index is 13.2. The highest BCUT2D eigenvalue weighted by Gasteiger charge is 2.07. The Balaban J connectivity index is 3.15. The zero-order valence-electron chi connectivity index (χ0n) is 7.89. The number of anilines is 1. The van der Waals surface area contributed by atoms with Gasteiger partial charge in [-0.2, -0.15) is 5.26 Å². The molecular weight excluding hydrogens is 183 g/mol. The lowest BCUT2D eigenvalue weighted by atomic mass is 10.1. The molecule has 3 nitrogen and oxygen atoms in total. The van der Waals surface area contributed by atoms with Gasteiger partial charge in [-0.05, 0) is 24.6 Å². The fourth-order valence-electron chi connectivity index (χ4n) is 1.16. The van der Waals surface area contributed by atoms with Crippen molar-refractivity contribution in [2.24, 2.45) is 0 Å². The first kappa shape index (κ1) is 10.2.